The van der Waals surface area contributed by atoms with Gasteiger partial charge >= 0.3 is 0 Å². The number of nitrogens with two attached hydrogens (primary N) is 1. The van der Waals surface area contributed by atoms with Gasteiger partial charge in [-0.15, -0.1) is 0 Å². The summed E-state index contributed by atoms with van der Waals surface area (Å²) in [4.78, 5) is 4.17. The zero-order valence-electron chi connectivity index (χ0n) is 9.23. The molecule has 0 aliphatic rings. The van der Waals surface area contributed by atoms with E-state index in [2.05, 4.69) is 10.1 Å². The molecule has 0 fully saturated rings. The van der Waals surface area contributed by atoms with Gasteiger partial charge in [0.1, 0.15) is 5.75 Å². The molecule has 0 saturated heterocycles. The molecule has 0 aliphatic carbocycles. The number of methoxy groups -OCH3 is 1. The lowest BCUT2D eigenvalue weighted by Gasteiger charge is -2.05. The van der Waals surface area contributed by atoms with Crippen LogP contribution in [0.4, 0.5) is 0 Å². The highest BCUT2D eigenvalue weighted by Crippen LogP contribution is 2.28. The molecule has 0 atom stereocenters. The minimum atomic E-state index is 0.237. The highest BCUT2D eigenvalue weighted by atomic mass is 16.5. The van der Waals surface area contributed by atoms with E-state index < -0.39 is 0 Å². The molecule has 2 N–H and O–H groups in total. The van der Waals surface area contributed by atoms with Gasteiger partial charge in [0.15, 0.2) is 0 Å². The van der Waals surface area contributed by atoms with E-state index in [1.807, 2.05) is 25.1 Å². The maximum absolute atomic E-state index is 5.41. The number of ether oxygens (including phenoxy) is 1. The Morgan fingerprint density at radius 2 is 2.25 bits per heavy atom. The zero-order valence-corrected chi connectivity index (χ0v) is 9.23. The van der Waals surface area contributed by atoms with Crippen LogP contribution in [0.2, 0.25) is 0 Å². The molecule has 0 saturated carbocycles. The van der Waals surface area contributed by atoms with E-state index in [0.29, 0.717) is 11.7 Å². The van der Waals surface area contributed by atoms with Crippen molar-refractivity contribution in [2.24, 2.45) is 5.73 Å². The van der Waals surface area contributed by atoms with Crippen LogP contribution in [0.15, 0.2) is 22.7 Å². The van der Waals surface area contributed by atoms with Crippen LogP contribution in [-0.2, 0) is 6.54 Å². The van der Waals surface area contributed by atoms with Gasteiger partial charge in [-0.25, -0.2) is 0 Å². The average Bonchev–Trinajstić information content (AvgIpc) is 2.77. The van der Waals surface area contributed by atoms with Crippen molar-refractivity contribution in [3.63, 3.8) is 0 Å². The van der Waals surface area contributed by atoms with Crippen LogP contribution in [0.1, 0.15) is 11.5 Å². The van der Waals surface area contributed by atoms with Crippen LogP contribution in [0.3, 0.4) is 0 Å². The van der Waals surface area contributed by atoms with E-state index in [-0.39, 0.29) is 6.54 Å². The lowest BCUT2D eigenvalue weighted by molar-refractivity contribution is 0.380. The Hall–Kier alpha value is -1.88. The van der Waals surface area contributed by atoms with Crippen molar-refractivity contribution in [2.75, 3.05) is 7.11 Å². The quantitative estimate of drug-likeness (QED) is 0.847. The average molecular weight is 219 g/mol. The molecule has 0 bridgehead atoms. The number of benzene rings is 1. The molecule has 2 aromatic rings. The molecular formula is C11H13N3O2. The third kappa shape index (κ3) is 1.90. The number of aryl methyl sites for hydroxylation is 1. The first-order valence-corrected chi connectivity index (χ1v) is 4.92. The van der Waals surface area contributed by atoms with Crippen molar-refractivity contribution in [3.05, 3.63) is 29.7 Å². The minimum Gasteiger partial charge on any atom is -0.496 e. The molecule has 1 heterocycles. The predicted molar refractivity (Wildman–Crippen MR) is 58.9 cm³/mol. The Morgan fingerprint density at radius 3 is 2.88 bits per heavy atom. The smallest absolute Gasteiger partial charge is 0.240 e. The molecule has 0 amide bonds. The maximum Gasteiger partial charge on any atom is 0.240 e. The normalized spacial score (nSPS) is 10.4. The van der Waals surface area contributed by atoms with Gasteiger partial charge in [-0.1, -0.05) is 16.8 Å². The molecule has 5 nitrogen and oxygen atoms in total. The summed E-state index contributed by atoms with van der Waals surface area (Å²) < 4.78 is 10.2. The fourth-order valence-corrected chi connectivity index (χ4v) is 1.44. The highest BCUT2D eigenvalue weighted by molar-refractivity contribution is 5.64. The van der Waals surface area contributed by atoms with Crippen LogP contribution in [0, 0.1) is 6.92 Å². The van der Waals surface area contributed by atoms with Crippen molar-refractivity contribution in [2.45, 2.75) is 13.5 Å². The molecule has 0 spiro atoms. The van der Waals surface area contributed by atoms with Gasteiger partial charge in [0.05, 0.1) is 19.2 Å². The zero-order chi connectivity index (χ0) is 11.5. The molecule has 1 aromatic heterocycles. The van der Waals surface area contributed by atoms with Crippen LogP contribution in [-0.4, -0.2) is 17.3 Å². The van der Waals surface area contributed by atoms with Crippen LogP contribution < -0.4 is 10.5 Å². The standard InChI is InChI=1S/C11H13N3O2/c1-7-3-4-9(15-2)8(5-7)11-13-10(6-12)16-14-11/h3-5H,6,12H2,1-2H3. The van der Waals surface area contributed by atoms with Crippen molar-refractivity contribution in [1.82, 2.24) is 10.1 Å². The SMILES string of the molecule is COc1ccc(C)cc1-c1noc(CN)n1. The Balaban J connectivity index is 2.49. The van der Waals surface area contributed by atoms with Gasteiger partial charge in [-0.05, 0) is 19.1 Å². The van der Waals surface area contributed by atoms with Crippen molar-refractivity contribution < 1.29 is 9.26 Å². The van der Waals surface area contributed by atoms with Crippen LogP contribution in [0.5, 0.6) is 5.75 Å². The highest BCUT2D eigenvalue weighted by Gasteiger charge is 2.12. The fraction of sp³-hybridized carbons (Fsp3) is 0.273. The molecular weight excluding hydrogens is 206 g/mol. The second-order valence-corrected chi connectivity index (χ2v) is 3.42. The summed E-state index contributed by atoms with van der Waals surface area (Å²) in [6.45, 7) is 2.23. The van der Waals surface area contributed by atoms with E-state index in [4.69, 9.17) is 15.0 Å². The monoisotopic (exact) mass is 219 g/mol. The molecule has 5 heteroatoms. The molecule has 2 rings (SSSR count). The second-order valence-electron chi connectivity index (χ2n) is 3.42. The predicted octanol–water partition coefficient (Wildman–Crippen LogP) is 1.51. The summed E-state index contributed by atoms with van der Waals surface area (Å²) in [5, 5.41) is 3.86. The summed E-state index contributed by atoms with van der Waals surface area (Å²) in [6, 6.07) is 5.79. The van der Waals surface area contributed by atoms with E-state index in [1.165, 1.54) is 0 Å². The Kier molecular flexibility index (Phi) is 2.87. The lowest BCUT2D eigenvalue weighted by Crippen LogP contribution is -1.96. The molecule has 0 unspecified atom stereocenters. The van der Waals surface area contributed by atoms with Gasteiger partial charge < -0.3 is 15.0 Å². The van der Waals surface area contributed by atoms with Crippen molar-refractivity contribution in [3.8, 4) is 17.1 Å². The molecule has 0 aliphatic heterocycles. The summed E-state index contributed by atoms with van der Waals surface area (Å²) >= 11 is 0. The van der Waals surface area contributed by atoms with Crippen molar-refractivity contribution >= 4 is 0 Å². The maximum atomic E-state index is 5.41. The van der Waals surface area contributed by atoms with E-state index in [1.54, 1.807) is 7.11 Å². The topological polar surface area (TPSA) is 74.2 Å². The Morgan fingerprint density at radius 1 is 1.44 bits per heavy atom. The number of aromatic nitrogens is 2. The first-order valence-electron chi connectivity index (χ1n) is 4.92. The minimum absolute atomic E-state index is 0.237. The van der Waals surface area contributed by atoms with E-state index >= 15 is 0 Å². The number of rotatable bonds is 3. The van der Waals surface area contributed by atoms with Crippen LogP contribution in [0.25, 0.3) is 11.4 Å². The Labute approximate surface area is 93.2 Å². The van der Waals surface area contributed by atoms with E-state index in [0.717, 1.165) is 16.9 Å². The summed E-state index contributed by atoms with van der Waals surface area (Å²) in [7, 11) is 1.61. The number of hydrogen-bond donors (Lipinski definition) is 1. The second kappa shape index (κ2) is 4.32. The van der Waals surface area contributed by atoms with E-state index in [9.17, 15) is 0 Å². The van der Waals surface area contributed by atoms with Crippen LogP contribution >= 0.6 is 0 Å². The molecule has 0 radical (unpaired) electrons. The number of hydrogen-bond acceptors (Lipinski definition) is 5. The fourth-order valence-electron chi connectivity index (χ4n) is 1.44. The lowest BCUT2D eigenvalue weighted by atomic mass is 10.1. The summed E-state index contributed by atoms with van der Waals surface area (Å²) in [5.74, 6) is 1.63. The van der Waals surface area contributed by atoms with Crippen molar-refractivity contribution in [1.29, 1.82) is 0 Å². The third-order valence-electron chi connectivity index (χ3n) is 2.24. The molecule has 84 valence electrons. The van der Waals surface area contributed by atoms with Gasteiger partial charge in [-0.2, -0.15) is 4.98 Å². The molecule has 1 aromatic carbocycles. The van der Waals surface area contributed by atoms with Gasteiger partial charge in [0, 0.05) is 0 Å². The number of nitrogens with zero attached hydrogens (tertiary/aromatic N) is 2. The summed E-state index contributed by atoms with van der Waals surface area (Å²) in [5.41, 5.74) is 7.33. The third-order valence-corrected chi connectivity index (χ3v) is 2.24. The summed E-state index contributed by atoms with van der Waals surface area (Å²) in [6.07, 6.45) is 0. The Bertz CT molecular complexity index is 494. The van der Waals surface area contributed by atoms with Gasteiger partial charge in [-0.3, -0.25) is 0 Å². The van der Waals surface area contributed by atoms with Gasteiger partial charge in [0.25, 0.3) is 0 Å². The first kappa shape index (κ1) is 10.6. The largest absolute Gasteiger partial charge is 0.496 e. The first-order chi connectivity index (χ1) is 7.74. The van der Waals surface area contributed by atoms with Gasteiger partial charge in [0.2, 0.25) is 11.7 Å². The molecule has 16 heavy (non-hydrogen) atoms.